The van der Waals surface area contributed by atoms with E-state index in [0.717, 1.165) is 10.5 Å². The van der Waals surface area contributed by atoms with E-state index < -0.39 is 17.1 Å². The number of carbonyl (C=O) groups excluding carboxylic acids is 2. The Labute approximate surface area is 206 Å². The van der Waals surface area contributed by atoms with E-state index in [1.807, 2.05) is 36.4 Å². The van der Waals surface area contributed by atoms with Crippen molar-refractivity contribution in [2.75, 3.05) is 10.6 Å². The number of nitrogens with zero attached hydrogens (tertiary/aromatic N) is 1. The zero-order valence-corrected chi connectivity index (χ0v) is 19.2. The number of hydrogen-bond donors (Lipinski definition) is 3. The van der Waals surface area contributed by atoms with Crippen molar-refractivity contribution in [3.8, 4) is 0 Å². The minimum absolute atomic E-state index is 0.0648. The van der Waals surface area contributed by atoms with E-state index >= 15 is 0 Å². The first-order valence-corrected chi connectivity index (χ1v) is 11.6. The first-order chi connectivity index (χ1) is 17.0. The number of rotatable bonds is 8. The van der Waals surface area contributed by atoms with Crippen molar-refractivity contribution in [3.63, 3.8) is 0 Å². The van der Waals surface area contributed by atoms with Crippen molar-refractivity contribution >= 4 is 41.1 Å². The molecule has 3 aromatic carbocycles. The molecule has 0 bridgehead atoms. The number of anilines is 2. The summed E-state index contributed by atoms with van der Waals surface area (Å²) in [5.41, 5.74) is 1.29. The van der Waals surface area contributed by atoms with Gasteiger partial charge in [-0.15, -0.1) is 11.8 Å². The van der Waals surface area contributed by atoms with E-state index in [1.165, 1.54) is 23.9 Å². The number of benzene rings is 3. The number of pyridine rings is 1. The molecule has 0 aliphatic heterocycles. The molecule has 8 heteroatoms. The Morgan fingerprint density at radius 1 is 0.771 bits per heavy atom. The van der Waals surface area contributed by atoms with E-state index in [2.05, 4.69) is 15.6 Å². The van der Waals surface area contributed by atoms with Gasteiger partial charge in [0.15, 0.2) is 0 Å². The number of thioether (sulfide) groups is 1. The van der Waals surface area contributed by atoms with E-state index in [9.17, 15) is 19.5 Å². The summed E-state index contributed by atoms with van der Waals surface area (Å²) in [7, 11) is 0. The minimum atomic E-state index is -1.18. The Morgan fingerprint density at radius 2 is 1.49 bits per heavy atom. The maximum absolute atomic E-state index is 13.2. The number of aromatic nitrogens is 1. The number of amides is 2. The third-order valence-electron chi connectivity index (χ3n) is 5.00. The van der Waals surface area contributed by atoms with Crippen LogP contribution in [0.3, 0.4) is 0 Å². The number of carboxylic acid groups (broad SMARTS) is 1. The topological polar surface area (TPSA) is 108 Å². The second kappa shape index (κ2) is 11.1. The zero-order chi connectivity index (χ0) is 24.6. The summed E-state index contributed by atoms with van der Waals surface area (Å²) < 4.78 is 0. The summed E-state index contributed by atoms with van der Waals surface area (Å²) in [4.78, 5) is 42.3. The molecule has 0 saturated heterocycles. The molecule has 3 N–H and O–H groups in total. The predicted molar refractivity (Wildman–Crippen MR) is 136 cm³/mol. The fraction of sp³-hybridized carbons (Fsp3) is 0.0370. The van der Waals surface area contributed by atoms with E-state index in [-0.39, 0.29) is 17.0 Å². The number of aromatic carboxylic acids is 1. The van der Waals surface area contributed by atoms with Gasteiger partial charge in [-0.3, -0.25) is 9.59 Å². The van der Waals surface area contributed by atoms with Crippen LogP contribution in [-0.2, 0) is 4.79 Å². The third kappa shape index (κ3) is 6.13. The van der Waals surface area contributed by atoms with Crippen molar-refractivity contribution < 1.29 is 19.5 Å². The zero-order valence-electron chi connectivity index (χ0n) is 18.4. The van der Waals surface area contributed by atoms with Gasteiger partial charge in [-0.05, 0) is 48.0 Å². The monoisotopic (exact) mass is 483 g/mol. The molecule has 0 radical (unpaired) electrons. The number of carbonyl (C=O) groups is 3. The van der Waals surface area contributed by atoms with Crippen LogP contribution >= 0.6 is 11.8 Å². The molecule has 1 aromatic heterocycles. The fourth-order valence-corrected chi connectivity index (χ4v) is 4.46. The first kappa shape index (κ1) is 23.7. The highest BCUT2D eigenvalue weighted by atomic mass is 32.2. The molecule has 7 nitrogen and oxygen atoms in total. The van der Waals surface area contributed by atoms with Gasteiger partial charge in [-0.1, -0.05) is 54.6 Å². The van der Waals surface area contributed by atoms with Gasteiger partial charge in [0.2, 0.25) is 5.91 Å². The van der Waals surface area contributed by atoms with E-state index in [4.69, 9.17) is 0 Å². The second-order valence-electron chi connectivity index (χ2n) is 7.45. The Hall–Kier alpha value is -4.43. The van der Waals surface area contributed by atoms with Crippen molar-refractivity contribution in [1.82, 2.24) is 4.98 Å². The molecule has 1 heterocycles. The number of carboxylic acids is 1. The largest absolute Gasteiger partial charge is 0.478 e. The summed E-state index contributed by atoms with van der Waals surface area (Å²) in [5, 5.41) is 14.4. The molecule has 2 amide bonds. The maximum Gasteiger partial charge on any atom is 0.336 e. The van der Waals surface area contributed by atoms with Gasteiger partial charge in [-0.2, -0.15) is 0 Å². The summed E-state index contributed by atoms with van der Waals surface area (Å²) in [6.07, 6.45) is 1.61. The van der Waals surface area contributed by atoms with Crippen molar-refractivity contribution in [1.29, 1.82) is 0 Å². The van der Waals surface area contributed by atoms with Crippen LogP contribution in [0.15, 0.2) is 108 Å². The summed E-state index contributed by atoms with van der Waals surface area (Å²) in [5.74, 6) is -1.48. The first-order valence-electron chi connectivity index (χ1n) is 10.7. The van der Waals surface area contributed by atoms with Crippen molar-refractivity contribution in [2.45, 2.75) is 10.1 Å². The van der Waals surface area contributed by atoms with Crippen LogP contribution in [0.1, 0.15) is 31.5 Å². The standard InChI is InChI=1S/C27H21N3O4S/c31-25(21-13-4-5-14-22(21)27(33)34)29-19-11-8-12-20(17-19)35-24(18-9-2-1-3-10-18)26(32)30-23-15-6-7-16-28-23/h1-17,24H,(H,29,31)(H,33,34)(H,28,30,32). The Kier molecular flexibility index (Phi) is 7.54. The Morgan fingerprint density at radius 3 is 2.20 bits per heavy atom. The molecule has 174 valence electrons. The third-order valence-corrected chi connectivity index (χ3v) is 6.25. The smallest absolute Gasteiger partial charge is 0.336 e. The van der Waals surface area contributed by atoms with Crippen LogP contribution in [-0.4, -0.2) is 27.9 Å². The number of nitrogens with one attached hydrogen (secondary N) is 2. The van der Waals surface area contributed by atoms with Crippen LogP contribution < -0.4 is 10.6 Å². The van der Waals surface area contributed by atoms with Gasteiger partial charge in [0.25, 0.3) is 5.91 Å². The second-order valence-corrected chi connectivity index (χ2v) is 8.62. The molecular formula is C27H21N3O4S. The van der Waals surface area contributed by atoms with E-state index in [0.29, 0.717) is 11.5 Å². The summed E-state index contributed by atoms with van der Waals surface area (Å²) in [6, 6.07) is 27.7. The lowest BCUT2D eigenvalue weighted by Crippen LogP contribution is -2.19. The Bertz CT molecular complexity index is 1350. The van der Waals surface area contributed by atoms with Gasteiger partial charge in [0.1, 0.15) is 11.1 Å². The molecule has 0 aliphatic carbocycles. The lowest BCUT2D eigenvalue weighted by Gasteiger charge is -2.17. The van der Waals surface area contributed by atoms with Gasteiger partial charge < -0.3 is 15.7 Å². The van der Waals surface area contributed by atoms with Crippen LogP contribution in [0.2, 0.25) is 0 Å². The minimum Gasteiger partial charge on any atom is -0.478 e. The number of hydrogen-bond acceptors (Lipinski definition) is 5. The molecular weight excluding hydrogens is 462 g/mol. The van der Waals surface area contributed by atoms with Crippen molar-refractivity contribution in [3.05, 3.63) is 120 Å². The lowest BCUT2D eigenvalue weighted by molar-refractivity contribution is -0.115. The van der Waals surface area contributed by atoms with Crippen LogP contribution in [0, 0.1) is 0 Å². The highest BCUT2D eigenvalue weighted by Gasteiger charge is 2.23. The maximum atomic E-state index is 13.2. The lowest BCUT2D eigenvalue weighted by atomic mass is 10.1. The van der Waals surface area contributed by atoms with E-state index in [1.54, 1.807) is 54.7 Å². The molecule has 4 aromatic rings. The molecule has 1 unspecified atom stereocenters. The van der Waals surface area contributed by atoms with Crippen LogP contribution in [0.5, 0.6) is 0 Å². The molecule has 4 rings (SSSR count). The quantitative estimate of drug-likeness (QED) is 0.286. The van der Waals surface area contributed by atoms with Gasteiger partial charge >= 0.3 is 5.97 Å². The van der Waals surface area contributed by atoms with Crippen LogP contribution in [0.25, 0.3) is 0 Å². The molecule has 0 spiro atoms. The average Bonchev–Trinajstić information content (AvgIpc) is 2.88. The highest BCUT2D eigenvalue weighted by Crippen LogP contribution is 2.37. The van der Waals surface area contributed by atoms with Gasteiger partial charge in [0, 0.05) is 16.8 Å². The molecule has 35 heavy (non-hydrogen) atoms. The molecule has 0 saturated carbocycles. The normalized spacial score (nSPS) is 11.3. The summed E-state index contributed by atoms with van der Waals surface area (Å²) >= 11 is 1.33. The SMILES string of the molecule is O=C(O)c1ccccc1C(=O)Nc1cccc(SC(C(=O)Nc2ccccn2)c2ccccc2)c1. The predicted octanol–water partition coefficient (Wildman–Crippen LogP) is 5.50. The van der Waals surface area contributed by atoms with Crippen molar-refractivity contribution in [2.24, 2.45) is 0 Å². The molecule has 1 atom stereocenters. The van der Waals surface area contributed by atoms with Crippen LogP contribution in [0.4, 0.5) is 11.5 Å². The molecule has 0 aliphatic rings. The van der Waals surface area contributed by atoms with Gasteiger partial charge in [-0.25, -0.2) is 9.78 Å². The summed E-state index contributed by atoms with van der Waals surface area (Å²) in [6.45, 7) is 0. The average molecular weight is 484 g/mol. The fourth-order valence-electron chi connectivity index (χ4n) is 3.38. The Balaban J connectivity index is 1.55. The highest BCUT2D eigenvalue weighted by molar-refractivity contribution is 8.00. The van der Waals surface area contributed by atoms with Gasteiger partial charge in [0.05, 0.1) is 11.1 Å². The molecule has 0 fully saturated rings.